The van der Waals surface area contributed by atoms with Crippen LogP contribution in [0.4, 0.5) is 0 Å². The molecule has 0 bridgehead atoms. The van der Waals surface area contributed by atoms with Gasteiger partial charge in [0.05, 0.1) is 17.8 Å². The molecule has 0 aromatic rings. The maximum absolute atomic E-state index is 9.53. The van der Waals surface area contributed by atoms with Crippen LogP contribution in [0.3, 0.4) is 0 Å². The van der Waals surface area contributed by atoms with Crippen molar-refractivity contribution in [2.45, 2.75) is 44.5 Å². The quantitative estimate of drug-likeness (QED) is 0.501. The van der Waals surface area contributed by atoms with Crippen molar-refractivity contribution in [2.24, 2.45) is 5.92 Å². The molecule has 0 radical (unpaired) electrons. The highest BCUT2D eigenvalue weighted by molar-refractivity contribution is 4.92. The first-order valence-corrected chi connectivity index (χ1v) is 4.01. The first-order chi connectivity index (χ1) is 4.93. The van der Waals surface area contributed by atoms with Crippen molar-refractivity contribution >= 4 is 0 Å². The summed E-state index contributed by atoms with van der Waals surface area (Å²) in [5.41, 5.74) is -0.878. The maximum Gasteiger partial charge on any atom is 0.0854 e. The molecule has 0 aromatic carbocycles. The summed E-state index contributed by atoms with van der Waals surface area (Å²) in [5, 5.41) is 28.1. The lowest BCUT2D eigenvalue weighted by molar-refractivity contribution is -0.0597. The number of rotatable bonds is 1. The highest BCUT2D eigenvalue weighted by Crippen LogP contribution is 2.34. The van der Waals surface area contributed by atoms with Crippen LogP contribution in [0.25, 0.3) is 0 Å². The van der Waals surface area contributed by atoms with E-state index in [1.54, 1.807) is 13.8 Å². The van der Waals surface area contributed by atoms with Crippen LogP contribution in [0.1, 0.15) is 26.7 Å². The van der Waals surface area contributed by atoms with Crippen molar-refractivity contribution in [3.8, 4) is 0 Å². The summed E-state index contributed by atoms with van der Waals surface area (Å²) in [4.78, 5) is 0. The van der Waals surface area contributed by atoms with Crippen LogP contribution in [0.15, 0.2) is 0 Å². The molecule has 3 atom stereocenters. The minimum Gasteiger partial charge on any atom is -0.390 e. The summed E-state index contributed by atoms with van der Waals surface area (Å²) in [6.45, 7) is 3.33. The zero-order valence-corrected chi connectivity index (χ0v) is 6.99. The van der Waals surface area contributed by atoms with Gasteiger partial charge in [-0.25, -0.2) is 0 Å². The molecule has 3 nitrogen and oxygen atoms in total. The van der Waals surface area contributed by atoms with Gasteiger partial charge in [0.2, 0.25) is 0 Å². The summed E-state index contributed by atoms with van der Waals surface area (Å²) in [6.07, 6.45) is -0.108. The molecule has 0 aromatic heterocycles. The van der Waals surface area contributed by atoms with Gasteiger partial charge < -0.3 is 15.3 Å². The first-order valence-electron chi connectivity index (χ1n) is 4.01. The number of aliphatic hydroxyl groups excluding tert-OH is 2. The third-order valence-electron chi connectivity index (χ3n) is 2.49. The van der Waals surface area contributed by atoms with Crippen molar-refractivity contribution in [3.05, 3.63) is 0 Å². The van der Waals surface area contributed by atoms with Crippen LogP contribution in [0.5, 0.6) is 0 Å². The fourth-order valence-corrected chi connectivity index (χ4v) is 1.73. The van der Waals surface area contributed by atoms with Gasteiger partial charge in [0.15, 0.2) is 0 Å². The second kappa shape index (κ2) is 2.73. The topological polar surface area (TPSA) is 60.7 Å². The van der Waals surface area contributed by atoms with Gasteiger partial charge in [0.25, 0.3) is 0 Å². The molecule has 1 aliphatic rings. The van der Waals surface area contributed by atoms with E-state index in [0.29, 0.717) is 12.8 Å². The summed E-state index contributed by atoms with van der Waals surface area (Å²) >= 11 is 0. The van der Waals surface area contributed by atoms with Gasteiger partial charge >= 0.3 is 0 Å². The molecule has 66 valence electrons. The molecule has 1 saturated carbocycles. The highest BCUT2D eigenvalue weighted by Gasteiger charge is 2.41. The van der Waals surface area contributed by atoms with Crippen molar-refractivity contribution in [1.29, 1.82) is 0 Å². The second-order valence-corrected chi connectivity index (χ2v) is 3.90. The van der Waals surface area contributed by atoms with Crippen LogP contribution < -0.4 is 0 Å². The molecule has 3 N–H and O–H groups in total. The third-order valence-corrected chi connectivity index (χ3v) is 2.49. The normalized spacial score (nSPS) is 39.5. The monoisotopic (exact) mass is 160 g/mol. The van der Waals surface area contributed by atoms with Gasteiger partial charge in [-0.3, -0.25) is 0 Å². The van der Waals surface area contributed by atoms with E-state index in [-0.39, 0.29) is 5.92 Å². The minimum absolute atomic E-state index is 0.183. The Kier molecular flexibility index (Phi) is 2.23. The summed E-state index contributed by atoms with van der Waals surface area (Å²) < 4.78 is 0. The van der Waals surface area contributed by atoms with E-state index in [1.807, 2.05) is 0 Å². The largest absolute Gasteiger partial charge is 0.390 e. The minimum atomic E-state index is -0.878. The van der Waals surface area contributed by atoms with Gasteiger partial charge in [0.1, 0.15) is 0 Å². The van der Waals surface area contributed by atoms with Crippen molar-refractivity contribution in [1.82, 2.24) is 0 Å². The van der Waals surface area contributed by atoms with E-state index >= 15 is 0 Å². The average molecular weight is 160 g/mol. The molecule has 11 heavy (non-hydrogen) atoms. The Balaban J connectivity index is 2.62. The molecule has 0 spiro atoms. The molecule has 3 heteroatoms. The zero-order valence-electron chi connectivity index (χ0n) is 6.99. The summed E-state index contributed by atoms with van der Waals surface area (Å²) in [6, 6.07) is 0. The van der Waals surface area contributed by atoms with Crippen molar-refractivity contribution in [3.63, 3.8) is 0 Å². The Morgan fingerprint density at radius 3 is 1.91 bits per heavy atom. The van der Waals surface area contributed by atoms with E-state index in [0.717, 1.165) is 0 Å². The summed E-state index contributed by atoms with van der Waals surface area (Å²) in [5.74, 6) is -0.183. The van der Waals surface area contributed by atoms with E-state index in [1.165, 1.54) is 0 Å². The Hall–Kier alpha value is -0.120. The van der Waals surface area contributed by atoms with Crippen LogP contribution in [-0.2, 0) is 0 Å². The Labute approximate surface area is 66.7 Å². The molecular weight excluding hydrogens is 144 g/mol. The molecule has 0 heterocycles. The maximum atomic E-state index is 9.53. The van der Waals surface area contributed by atoms with Crippen molar-refractivity contribution < 1.29 is 15.3 Å². The second-order valence-electron chi connectivity index (χ2n) is 3.90. The molecule has 1 aliphatic carbocycles. The lowest BCUT2D eigenvalue weighted by Crippen LogP contribution is -2.39. The molecule has 1 rings (SSSR count). The summed E-state index contributed by atoms with van der Waals surface area (Å²) in [7, 11) is 0. The lowest BCUT2D eigenvalue weighted by Gasteiger charge is -2.28. The first kappa shape index (κ1) is 8.97. The zero-order chi connectivity index (χ0) is 8.65. The Morgan fingerprint density at radius 2 is 1.73 bits per heavy atom. The lowest BCUT2D eigenvalue weighted by atomic mass is 9.88. The van der Waals surface area contributed by atoms with E-state index in [4.69, 9.17) is 0 Å². The number of aliphatic hydroxyl groups is 3. The van der Waals surface area contributed by atoms with E-state index in [9.17, 15) is 15.3 Å². The molecule has 0 aliphatic heterocycles. The van der Waals surface area contributed by atoms with Crippen LogP contribution in [0, 0.1) is 5.92 Å². The fourth-order valence-electron chi connectivity index (χ4n) is 1.73. The van der Waals surface area contributed by atoms with Gasteiger partial charge in [-0.15, -0.1) is 0 Å². The molecular formula is C8H16O3. The third kappa shape index (κ3) is 1.72. The fraction of sp³-hybridized carbons (Fsp3) is 1.00. The Bertz CT molecular complexity index is 139. The van der Waals surface area contributed by atoms with Gasteiger partial charge in [0, 0.05) is 5.92 Å². The van der Waals surface area contributed by atoms with E-state index in [2.05, 4.69) is 0 Å². The van der Waals surface area contributed by atoms with Gasteiger partial charge in [-0.05, 0) is 26.7 Å². The number of hydrogen-bond acceptors (Lipinski definition) is 3. The SMILES string of the molecule is CC(C)(O)C1CCC(O)C1O. The molecule has 0 saturated heterocycles. The predicted molar refractivity (Wildman–Crippen MR) is 41.0 cm³/mol. The average Bonchev–Trinajstić information content (AvgIpc) is 2.11. The van der Waals surface area contributed by atoms with Crippen molar-refractivity contribution in [2.75, 3.05) is 0 Å². The Morgan fingerprint density at radius 1 is 1.18 bits per heavy atom. The number of hydrogen-bond donors (Lipinski definition) is 3. The van der Waals surface area contributed by atoms with Crippen LogP contribution in [0.2, 0.25) is 0 Å². The van der Waals surface area contributed by atoms with Crippen LogP contribution in [-0.4, -0.2) is 33.1 Å². The molecule has 3 unspecified atom stereocenters. The standard InChI is InChI=1S/C8H16O3/c1-8(2,11)5-3-4-6(9)7(5)10/h5-7,9-11H,3-4H2,1-2H3. The van der Waals surface area contributed by atoms with Gasteiger partial charge in [-0.2, -0.15) is 0 Å². The van der Waals surface area contributed by atoms with Crippen LogP contribution >= 0.6 is 0 Å². The smallest absolute Gasteiger partial charge is 0.0854 e. The molecule has 1 fully saturated rings. The predicted octanol–water partition coefficient (Wildman–Crippen LogP) is -0.111. The highest BCUT2D eigenvalue weighted by atomic mass is 16.3. The molecule has 0 amide bonds. The van der Waals surface area contributed by atoms with E-state index < -0.39 is 17.8 Å². The van der Waals surface area contributed by atoms with Gasteiger partial charge in [-0.1, -0.05) is 0 Å².